The SMILES string of the molecule is Cc1ccc(S(=O)(=O)Nc2ccc(N3CCCN(C)C3=O)cc2)cc1. The number of aryl methyl sites for hydroxylation is 1. The molecule has 6 nitrogen and oxygen atoms in total. The topological polar surface area (TPSA) is 69.7 Å². The van der Waals surface area contributed by atoms with Crippen LogP contribution in [-0.4, -0.2) is 39.5 Å². The predicted octanol–water partition coefficient (Wildman–Crippen LogP) is 3.06. The predicted molar refractivity (Wildman–Crippen MR) is 98.4 cm³/mol. The number of nitrogens with one attached hydrogen (secondary N) is 1. The maximum absolute atomic E-state index is 12.4. The van der Waals surface area contributed by atoms with Gasteiger partial charge in [0, 0.05) is 31.5 Å². The van der Waals surface area contributed by atoms with Crippen LogP contribution in [0.1, 0.15) is 12.0 Å². The van der Waals surface area contributed by atoms with E-state index in [0.29, 0.717) is 12.2 Å². The van der Waals surface area contributed by atoms with E-state index in [1.807, 2.05) is 6.92 Å². The van der Waals surface area contributed by atoms with Gasteiger partial charge in [0.15, 0.2) is 0 Å². The van der Waals surface area contributed by atoms with Crippen molar-refractivity contribution in [1.29, 1.82) is 0 Å². The quantitative estimate of drug-likeness (QED) is 0.912. The highest BCUT2D eigenvalue weighted by Crippen LogP contribution is 2.23. The zero-order valence-corrected chi connectivity index (χ0v) is 15.1. The number of rotatable bonds is 4. The van der Waals surface area contributed by atoms with Crippen LogP contribution in [-0.2, 0) is 10.0 Å². The fourth-order valence-corrected chi connectivity index (χ4v) is 3.80. The van der Waals surface area contributed by atoms with Crippen LogP contribution in [0.4, 0.5) is 16.2 Å². The second-order valence-electron chi connectivity index (χ2n) is 6.17. The Labute approximate surface area is 148 Å². The molecule has 0 unspecified atom stereocenters. The van der Waals surface area contributed by atoms with E-state index in [2.05, 4.69) is 4.72 Å². The van der Waals surface area contributed by atoms with Crippen LogP contribution in [0.3, 0.4) is 0 Å². The molecule has 0 spiro atoms. The number of nitrogens with zero attached hydrogens (tertiary/aromatic N) is 2. The third kappa shape index (κ3) is 3.76. The zero-order valence-electron chi connectivity index (χ0n) is 14.3. The summed E-state index contributed by atoms with van der Waals surface area (Å²) in [7, 11) is -1.85. The van der Waals surface area contributed by atoms with Crippen LogP contribution >= 0.6 is 0 Å². The summed E-state index contributed by atoms with van der Waals surface area (Å²) in [6.45, 7) is 3.32. The molecule has 2 aromatic rings. The average Bonchev–Trinajstić information content (AvgIpc) is 2.58. The summed E-state index contributed by atoms with van der Waals surface area (Å²) >= 11 is 0. The molecule has 1 heterocycles. The molecule has 0 saturated carbocycles. The van der Waals surface area contributed by atoms with Crippen molar-refractivity contribution in [3.05, 3.63) is 54.1 Å². The Morgan fingerprint density at radius 2 is 1.60 bits per heavy atom. The maximum atomic E-state index is 12.4. The van der Waals surface area contributed by atoms with E-state index in [9.17, 15) is 13.2 Å². The molecule has 132 valence electrons. The summed E-state index contributed by atoms with van der Waals surface area (Å²) in [5.41, 5.74) is 2.22. The molecule has 1 saturated heterocycles. The first-order chi connectivity index (χ1) is 11.9. The number of hydrogen-bond donors (Lipinski definition) is 1. The molecule has 0 aliphatic carbocycles. The molecule has 25 heavy (non-hydrogen) atoms. The fraction of sp³-hybridized carbons (Fsp3) is 0.278. The summed E-state index contributed by atoms with van der Waals surface area (Å²) in [4.78, 5) is 15.8. The lowest BCUT2D eigenvalue weighted by Crippen LogP contribution is -2.47. The Hall–Kier alpha value is -2.54. The Morgan fingerprint density at radius 1 is 0.960 bits per heavy atom. The molecule has 0 aromatic heterocycles. The number of sulfonamides is 1. The van der Waals surface area contributed by atoms with Crippen molar-refractivity contribution < 1.29 is 13.2 Å². The number of carbonyl (C=O) groups excluding carboxylic acids is 1. The standard InChI is InChI=1S/C18H21N3O3S/c1-14-4-10-17(11-5-14)25(23,24)19-15-6-8-16(9-7-15)21-13-3-12-20(2)18(21)22/h4-11,19H,3,12-13H2,1-2H3. The minimum Gasteiger partial charge on any atom is -0.327 e. The van der Waals surface area contributed by atoms with Crippen LogP contribution in [0.2, 0.25) is 0 Å². The third-order valence-electron chi connectivity index (χ3n) is 4.20. The normalized spacial score (nSPS) is 15.4. The molecule has 1 aliphatic rings. The molecule has 2 aromatic carbocycles. The average molecular weight is 359 g/mol. The van der Waals surface area contributed by atoms with Crippen molar-refractivity contribution in [2.45, 2.75) is 18.2 Å². The van der Waals surface area contributed by atoms with E-state index in [-0.39, 0.29) is 10.9 Å². The second kappa shape index (κ2) is 6.76. The highest BCUT2D eigenvalue weighted by molar-refractivity contribution is 7.92. The van der Waals surface area contributed by atoms with E-state index in [4.69, 9.17) is 0 Å². The molecule has 2 amide bonds. The summed E-state index contributed by atoms with van der Waals surface area (Å²) in [5.74, 6) is 0. The van der Waals surface area contributed by atoms with Crippen molar-refractivity contribution in [3.63, 3.8) is 0 Å². The number of anilines is 2. The monoisotopic (exact) mass is 359 g/mol. The van der Waals surface area contributed by atoms with E-state index in [1.54, 1.807) is 65.4 Å². The number of benzene rings is 2. The van der Waals surface area contributed by atoms with Crippen molar-refractivity contribution >= 4 is 27.4 Å². The van der Waals surface area contributed by atoms with Gasteiger partial charge in [0.25, 0.3) is 10.0 Å². The van der Waals surface area contributed by atoms with Crippen molar-refractivity contribution in [2.24, 2.45) is 0 Å². The van der Waals surface area contributed by atoms with Gasteiger partial charge in [-0.25, -0.2) is 13.2 Å². The molecule has 1 aliphatic heterocycles. The molecular weight excluding hydrogens is 338 g/mol. The fourth-order valence-electron chi connectivity index (χ4n) is 2.74. The summed E-state index contributed by atoms with van der Waals surface area (Å²) in [6.07, 6.45) is 0.907. The number of hydrogen-bond acceptors (Lipinski definition) is 3. The van der Waals surface area contributed by atoms with E-state index < -0.39 is 10.0 Å². The third-order valence-corrected chi connectivity index (χ3v) is 5.59. The van der Waals surface area contributed by atoms with Gasteiger partial charge in [0.05, 0.1) is 4.90 Å². The van der Waals surface area contributed by atoms with Gasteiger partial charge in [-0.2, -0.15) is 0 Å². The summed E-state index contributed by atoms with van der Waals surface area (Å²) < 4.78 is 27.4. The van der Waals surface area contributed by atoms with Crippen molar-refractivity contribution in [3.8, 4) is 0 Å². The Balaban J connectivity index is 1.76. The van der Waals surface area contributed by atoms with Gasteiger partial charge >= 0.3 is 6.03 Å². The molecule has 0 bridgehead atoms. The van der Waals surface area contributed by atoms with Crippen LogP contribution in [0, 0.1) is 6.92 Å². The van der Waals surface area contributed by atoms with Crippen LogP contribution in [0.25, 0.3) is 0 Å². The van der Waals surface area contributed by atoms with E-state index in [1.165, 1.54) is 0 Å². The summed E-state index contributed by atoms with van der Waals surface area (Å²) in [5, 5.41) is 0. The van der Waals surface area contributed by atoms with Gasteiger partial charge in [0.2, 0.25) is 0 Å². The van der Waals surface area contributed by atoms with Gasteiger partial charge < -0.3 is 4.90 Å². The van der Waals surface area contributed by atoms with Gasteiger partial charge in [-0.1, -0.05) is 17.7 Å². The van der Waals surface area contributed by atoms with Gasteiger partial charge in [-0.05, 0) is 49.7 Å². The molecule has 0 radical (unpaired) electrons. The Morgan fingerprint density at radius 3 is 2.24 bits per heavy atom. The highest BCUT2D eigenvalue weighted by atomic mass is 32.2. The Kier molecular flexibility index (Phi) is 4.67. The van der Waals surface area contributed by atoms with Gasteiger partial charge in [-0.15, -0.1) is 0 Å². The van der Waals surface area contributed by atoms with Crippen LogP contribution < -0.4 is 9.62 Å². The molecule has 7 heteroatoms. The Bertz CT molecular complexity index is 861. The number of urea groups is 1. The summed E-state index contributed by atoms with van der Waals surface area (Å²) in [6, 6.07) is 13.5. The molecule has 3 rings (SSSR count). The zero-order chi connectivity index (χ0) is 18.0. The second-order valence-corrected chi connectivity index (χ2v) is 7.86. The first-order valence-electron chi connectivity index (χ1n) is 8.09. The lowest BCUT2D eigenvalue weighted by Gasteiger charge is -2.33. The largest absolute Gasteiger partial charge is 0.327 e. The highest BCUT2D eigenvalue weighted by Gasteiger charge is 2.24. The minimum atomic E-state index is -3.63. The van der Waals surface area contributed by atoms with E-state index >= 15 is 0 Å². The first kappa shape index (κ1) is 17.3. The molecular formula is C18H21N3O3S. The lowest BCUT2D eigenvalue weighted by atomic mass is 10.2. The van der Waals surface area contributed by atoms with Crippen molar-refractivity contribution in [2.75, 3.05) is 29.8 Å². The molecule has 0 atom stereocenters. The number of amides is 2. The van der Waals surface area contributed by atoms with Gasteiger partial charge in [0.1, 0.15) is 0 Å². The maximum Gasteiger partial charge on any atom is 0.324 e. The number of carbonyl (C=O) groups is 1. The molecule has 1 N–H and O–H groups in total. The van der Waals surface area contributed by atoms with Gasteiger partial charge in [-0.3, -0.25) is 9.62 Å². The van der Waals surface area contributed by atoms with Crippen molar-refractivity contribution in [1.82, 2.24) is 4.90 Å². The minimum absolute atomic E-state index is 0.0424. The smallest absolute Gasteiger partial charge is 0.324 e. The lowest BCUT2D eigenvalue weighted by molar-refractivity contribution is 0.207. The first-order valence-corrected chi connectivity index (χ1v) is 9.57. The van der Waals surface area contributed by atoms with Crippen LogP contribution in [0.5, 0.6) is 0 Å². The molecule has 1 fully saturated rings. The van der Waals surface area contributed by atoms with Crippen LogP contribution in [0.15, 0.2) is 53.4 Å². The van der Waals surface area contributed by atoms with E-state index in [0.717, 1.165) is 24.2 Å².